The minimum absolute atomic E-state index is 0.238. The molecule has 0 spiro atoms. The number of amidine groups is 1. The number of hydrogen-bond donors (Lipinski definition) is 1. The van der Waals surface area contributed by atoms with Crippen molar-refractivity contribution in [3.63, 3.8) is 0 Å². The van der Waals surface area contributed by atoms with Crippen LogP contribution in [0.1, 0.15) is 16.7 Å². The minimum atomic E-state index is -0.238. The molecule has 0 radical (unpaired) electrons. The Bertz CT molecular complexity index is 1310. The molecule has 9 heteroatoms. The van der Waals surface area contributed by atoms with Gasteiger partial charge in [-0.3, -0.25) is 4.79 Å². The lowest BCUT2D eigenvalue weighted by Crippen LogP contribution is -2.19. The summed E-state index contributed by atoms with van der Waals surface area (Å²) in [7, 11) is 1.55. The molecule has 1 fully saturated rings. The van der Waals surface area contributed by atoms with Gasteiger partial charge in [0.05, 0.1) is 22.7 Å². The summed E-state index contributed by atoms with van der Waals surface area (Å²) in [6.07, 6.45) is 1.74. The highest BCUT2D eigenvalue weighted by molar-refractivity contribution is 14.1. The molecule has 5 nitrogen and oxygen atoms in total. The number of rotatable bonds is 6. The fraction of sp³-hybridized carbons (Fsp3) is 0.120. The van der Waals surface area contributed by atoms with Gasteiger partial charge in [0.2, 0.25) is 0 Å². The lowest BCUT2D eigenvalue weighted by Gasteiger charge is -2.13. The lowest BCUT2D eigenvalue weighted by atomic mass is 10.1. The normalized spacial score (nSPS) is 15.6. The molecule has 174 valence electrons. The Kier molecular flexibility index (Phi) is 8.08. The van der Waals surface area contributed by atoms with Crippen LogP contribution in [-0.4, -0.2) is 18.2 Å². The summed E-state index contributed by atoms with van der Waals surface area (Å²) in [5, 5.41) is 4.29. The van der Waals surface area contributed by atoms with Gasteiger partial charge in [0.1, 0.15) is 6.61 Å². The second-order valence-electron chi connectivity index (χ2n) is 7.31. The fourth-order valence-corrected chi connectivity index (χ4v) is 4.80. The summed E-state index contributed by atoms with van der Waals surface area (Å²) in [6, 6.07) is 17.0. The van der Waals surface area contributed by atoms with Crippen molar-refractivity contribution in [1.29, 1.82) is 0 Å². The van der Waals surface area contributed by atoms with Gasteiger partial charge in [-0.25, -0.2) is 4.99 Å². The van der Waals surface area contributed by atoms with E-state index in [1.165, 1.54) is 11.8 Å². The van der Waals surface area contributed by atoms with Crippen molar-refractivity contribution in [2.45, 2.75) is 13.5 Å². The molecule has 4 rings (SSSR count). The second-order valence-corrected chi connectivity index (χ2v) is 10.4. The summed E-state index contributed by atoms with van der Waals surface area (Å²) in [5.74, 6) is 0.696. The van der Waals surface area contributed by atoms with Crippen molar-refractivity contribution in [2.75, 3.05) is 7.11 Å². The van der Waals surface area contributed by atoms with Gasteiger partial charge in [-0.05, 0) is 100 Å². The van der Waals surface area contributed by atoms with Crippen molar-refractivity contribution in [2.24, 2.45) is 4.99 Å². The average molecular weight is 625 g/mol. The van der Waals surface area contributed by atoms with Gasteiger partial charge >= 0.3 is 0 Å². The Morgan fingerprint density at radius 2 is 1.88 bits per heavy atom. The zero-order chi connectivity index (χ0) is 24.2. The van der Waals surface area contributed by atoms with Gasteiger partial charge < -0.3 is 14.8 Å². The van der Waals surface area contributed by atoms with Crippen LogP contribution in [0.25, 0.3) is 6.08 Å². The van der Waals surface area contributed by atoms with Crippen molar-refractivity contribution in [3.8, 4) is 11.5 Å². The molecule has 0 unspecified atom stereocenters. The number of nitrogens with zero attached hydrogens (tertiary/aromatic N) is 1. The number of carbonyl (C=O) groups is 1. The van der Waals surface area contributed by atoms with Crippen LogP contribution in [0.4, 0.5) is 5.69 Å². The van der Waals surface area contributed by atoms with E-state index in [1.54, 1.807) is 31.4 Å². The summed E-state index contributed by atoms with van der Waals surface area (Å²) in [6.45, 7) is 2.24. The minimum Gasteiger partial charge on any atom is -0.493 e. The van der Waals surface area contributed by atoms with Gasteiger partial charge in [0.15, 0.2) is 16.7 Å². The van der Waals surface area contributed by atoms with E-state index < -0.39 is 0 Å². The molecule has 0 bridgehead atoms. The Balaban J connectivity index is 1.54. The van der Waals surface area contributed by atoms with E-state index in [-0.39, 0.29) is 5.91 Å². The third kappa shape index (κ3) is 5.89. The predicted octanol–water partition coefficient (Wildman–Crippen LogP) is 7.39. The van der Waals surface area contributed by atoms with E-state index in [2.05, 4.69) is 32.9 Å². The van der Waals surface area contributed by atoms with Crippen molar-refractivity contribution >= 4 is 80.4 Å². The highest BCUT2D eigenvalue weighted by atomic mass is 127. The molecular weight excluding hydrogens is 606 g/mol. The maximum absolute atomic E-state index is 12.5. The predicted molar refractivity (Wildman–Crippen MR) is 148 cm³/mol. The number of carbonyl (C=O) groups excluding carboxylic acids is 1. The number of nitrogens with one attached hydrogen (secondary N) is 1. The number of benzene rings is 3. The van der Waals surface area contributed by atoms with Gasteiger partial charge in [0.25, 0.3) is 5.91 Å². The maximum Gasteiger partial charge on any atom is 0.264 e. The van der Waals surface area contributed by atoms with E-state index in [1.807, 2.05) is 43.3 Å². The Hall–Kier alpha value is -2.20. The summed E-state index contributed by atoms with van der Waals surface area (Å²) < 4.78 is 12.6. The summed E-state index contributed by atoms with van der Waals surface area (Å²) in [4.78, 5) is 17.5. The standard InChI is InChI=1S/C25H19Cl2IN2O3S/c1-14-18(26)4-3-5-20(14)29-25-30-24(31)22(34-25)12-16-10-19(27)23(21(11-16)32-2)33-13-15-6-8-17(28)9-7-15/h3-12H,13H2,1-2H3,(H,29,30,31)/b22-12+. The van der Waals surface area contributed by atoms with E-state index in [0.717, 1.165) is 14.7 Å². The molecule has 1 heterocycles. The first-order chi connectivity index (χ1) is 16.3. The number of ether oxygens (including phenoxy) is 2. The zero-order valence-corrected chi connectivity index (χ0v) is 22.7. The largest absolute Gasteiger partial charge is 0.493 e. The Morgan fingerprint density at radius 1 is 1.12 bits per heavy atom. The zero-order valence-electron chi connectivity index (χ0n) is 18.2. The van der Waals surface area contributed by atoms with E-state index in [4.69, 9.17) is 32.7 Å². The molecule has 0 aromatic heterocycles. The molecular formula is C25H19Cl2IN2O3S. The first-order valence-electron chi connectivity index (χ1n) is 10.1. The molecule has 1 N–H and O–H groups in total. The molecule has 1 aliphatic heterocycles. The van der Waals surface area contributed by atoms with E-state index in [9.17, 15) is 4.79 Å². The van der Waals surface area contributed by atoms with Crippen LogP contribution in [0.5, 0.6) is 11.5 Å². The molecule has 1 saturated heterocycles. The maximum atomic E-state index is 12.5. The molecule has 0 atom stereocenters. The molecule has 3 aromatic rings. The van der Waals surface area contributed by atoms with Crippen LogP contribution in [0.3, 0.4) is 0 Å². The van der Waals surface area contributed by atoms with E-state index >= 15 is 0 Å². The topological polar surface area (TPSA) is 59.9 Å². The smallest absolute Gasteiger partial charge is 0.264 e. The Morgan fingerprint density at radius 3 is 2.62 bits per heavy atom. The molecule has 34 heavy (non-hydrogen) atoms. The SMILES string of the molecule is COc1cc(/C=C2/SC(=Nc3cccc(Cl)c3C)NC2=O)cc(Cl)c1OCc1ccc(I)cc1. The van der Waals surface area contributed by atoms with Gasteiger partial charge in [0, 0.05) is 8.59 Å². The Labute approximate surface area is 225 Å². The van der Waals surface area contributed by atoms with Crippen LogP contribution in [0, 0.1) is 10.5 Å². The third-order valence-corrected chi connectivity index (χ3v) is 7.28. The highest BCUT2D eigenvalue weighted by Gasteiger charge is 2.24. The monoisotopic (exact) mass is 624 g/mol. The molecule has 0 saturated carbocycles. The van der Waals surface area contributed by atoms with Crippen LogP contribution < -0.4 is 14.8 Å². The number of hydrogen-bond acceptors (Lipinski definition) is 5. The van der Waals surface area contributed by atoms with E-state index in [0.29, 0.717) is 49.5 Å². The summed E-state index contributed by atoms with van der Waals surface area (Å²) >= 11 is 16.2. The van der Waals surface area contributed by atoms with Crippen LogP contribution in [0.2, 0.25) is 10.0 Å². The van der Waals surface area contributed by atoms with Crippen LogP contribution in [-0.2, 0) is 11.4 Å². The number of aliphatic imine (C=N–C) groups is 1. The van der Waals surface area contributed by atoms with Gasteiger partial charge in [-0.2, -0.15) is 0 Å². The van der Waals surface area contributed by atoms with Crippen LogP contribution in [0.15, 0.2) is 64.5 Å². The highest BCUT2D eigenvalue weighted by Crippen LogP contribution is 2.39. The summed E-state index contributed by atoms with van der Waals surface area (Å²) in [5.41, 5.74) is 3.28. The second kappa shape index (κ2) is 11.0. The molecule has 3 aromatic carbocycles. The lowest BCUT2D eigenvalue weighted by molar-refractivity contribution is -0.115. The van der Waals surface area contributed by atoms with Gasteiger partial charge in [-0.1, -0.05) is 41.4 Å². The number of halogens is 3. The first kappa shape index (κ1) is 24.9. The average Bonchev–Trinajstić information content (AvgIpc) is 3.15. The fourth-order valence-electron chi connectivity index (χ4n) is 3.16. The van der Waals surface area contributed by atoms with Crippen molar-refractivity contribution in [3.05, 3.63) is 89.8 Å². The number of amides is 1. The number of methoxy groups -OCH3 is 1. The molecule has 1 amide bonds. The quantitative estimate of drug-likeness (QED) is 0.230. The van der Waals surface area contributed by atoms with Gasteiger partial charge in [-0.15, -0.1) is 0 Å². The first-order valence-corrected chi connectivity index (χ1v) is 12.8. The van der Waals surface area contributed by atoms with Crippen molar-refractivity contribution in [1.82, 2.24) is 5.32 Å². The molecule has 1 aliphatic rings. The van der Waals surface area contributed by atoms with Crippen LogP contribution >= 0.6 is 57.6 Å². The molecule has 0 aliphatic carbocycles. The third-order valence-electron chi connectivity index (χ3n) is 4.96. The van der Waals surface area contributed by atoms with Crippen molar-refractivity contribution < 1.29 is 14.3 Å². The number of thioether (sulfide) groups is 1.